The van der Waals surface area contributed by atoms with Crippen LogP contribution in [0.4, 0.5) is 0 Å². The molecule has 1 radical (unpaired) electrons. The van der Waals surface area contributed by atoms with Crippen molar-refractivity contribution in [1.82, 2.24) is 9.97 Å². The van der Waals surface area contributed by atoms with E-state index in [-0.39, 0.29) is 53.4 Å². The van der Waals surface area contributed by atoms with Crippen molar-refractivity contribution in [2.24, 2.45) is 0 Å². The van der Waals surface area contributed by atoms with Crippen LogP contribution in [0.3, 0.4) is 0 Å². The zero-order valence-corrected chi connectivity index (χ0v) is 24.5. The van der Waals surface area contributed by atoms with Gasteiger partial charge in [-0.1, -0.05) is 47.9 Å². The predicted octanol–water partition coefficient (Wildman–Crippen LogP) is -4.24. The molecule has 4 heterocycles. The first-order valence-electron chi connectivity index (χ1n) is 13.4. The molecule has 2 N–H and O–H groups in total. The quantitative estimate of drug-likeness (QED) is 0.227. The van der Waals surface area contributed by atoms with E-state index in [1.54, 1.807) is 12.4 Å². The fraction of sp³-hybridized carbons (Fsp3) is 0.400. The number of hydrogen-bond acceptors (Lipinski definition) is 4. The van der Waals surface area contributed by atoms with E-state index in [9.17, 15) is 10.2 Å². The summed E-state index contributed by atoms with van der Waals surface area (Å²) in [7, 11) is 0. The van der Waals surface area contributed by atoms with E-state index in [0.29, 0.717) is 11.0 Å². The molecule has 0 aliphatic carbocycles. The Morgan fingerprint density at radius 1 is 0.564 bits per heavy atom. The monoisotopic (exact) mass is 617 g/mol. The molecule has 0 amide bonds. The fourth-order valence-electron chi connectivity index (χ4n) is 5.59. The van der Waals surface area contributed by atoms with Crippen molar-refractivity contribution in [3.05, 3.63) is 72.1 Å². The molecule has 39 heavy (non-hydrogen) atoms. The molecular formula is C30H36Cl2CuN4O2. The van der Waals surface area contributed by atoms with Crippen LogP contribution in [0.2, 0.25) is 0 Å². The summed E-state index contributed by atoms with van der Waals surface area (Å²) in [6.07, 6.45) is 11.2. The Kier molecular flexibility index (Phi) is 13.8. The summed E-state index contributed by atoms with van der Waals surface area (Å²) in [6, 6.07) is 15.6. The van der Waals surface area contributed by atoms with Gasteiger partial charge in [0.2, 0.25) is 0 Å². The van der Waals surface area contributed by atoms with E-state index in [1.165, 1.54) is 74.5 Å². The summed E-state index contributed by atoms with van der Waals surface area (Å²) in [6.45, 7) is 6.48. The molecule has 213 valence electrons. The second-order valence-corrected chi connectivity index (χ2v) is 10.2. The number of benzene rings is 2. The van der Waals surface area contributed by atoms with Crippen molar-refractivity contribution < 1.29 is 61.9 Å². The summed E-state index contributed by atoms with van der Waals surface area (Å²) in [5.74, 6) is 0.234. The van der Waals surface area contributed by atoms with Crippen LogP contribution in [0.5, 0.6) is 11.5 Å². The van der Waals surface area contributed by atoms with Crippen LogP contribution in [0.25, 0.3) is 21.8 Å². The Balaban J connectivity index is 0.000000254. The average Bonchev–Trinajstić information content (AvgIpc) is 2.94. The standard InChI is InChI=1S/2C15H18N2O.2ClH.Cu/c2*18-15-13(11-17-9-2-1-3-10-17)7-6-12-5-4-8-16-14(12)15;;;/h2*4-8,18H,1-3,9-11H2;2*1H;/q;;;;+2/p-2. The van der Waals surface area contributed by atoms with Crippen LogP contribution in [0, 0.1) is 0 Å². The molecule has 0 bridgehead atoms. The second kappa shape index (κ2) is 16.2. The number of nitrogens with one attached hydrogen (secondary N) is 2. The minimum absolute atomic E-state index is 0. The zero-order chi connectivity index (χ0) is 24.7. The number of fused-ring (bicyclic) bond motifs is 2. The zero-order valence-electron chi connectivity index (χ0n) is 22.0. The summed E-state index contributed by atoms with van der Waals surface area (Å²) in [5.41, 5.74) is 3.06. The van der Waals surface area contributed by atoms with Crippen LogP contribution >= 0.6 is 0 Å². The Morgan fingerprint density at radius 2 is 0.949 bits per heavy atom. The molecule has 2 aromatic heterocycles. The van der Waals surface area contributed by atoms with E-state index in [4.69, 9.17) is 0 Å². The van der Waals surface area contributed by atoms with E-state index in [2.05, 4.69) is 9.97 Å². The van der Waals surface area contributed by atoms with Crippen LogP contribution in [-0.2, 0) is 30.2 Å². The number of rotatable bonds is 4. The third kappa shape index (κ3) is 8.43. The van der Waals surface area contributed by atoms with Gasteiger partial charge in [0, 0.05) is 23.5 Å². The maximum Gasteiger partial charge on any atom is 2.00 e. The number of piperidine rings is 2. The van der Waals surface area contributed by atoms with Gasteiger partial charge in [0.1, 0.15) is 13.1 Å². The average molecular weight is 619 g/mol. The Labute approximate surface area is 254 Å². The molecular weight excluding hydrogens is 583 g/mol. The van der Waals surface area contributed by atoms with E-state index < -0.39 is 0 Å². The Bertz CT molecular complexity index is 1210. The maximum atomic E-state index is 12.3. The normalized spacial score (nSPS) is 15.8. The molecule has 6 nitrogen and oxygen atoms in total. The molecule has 4 aromatic rings. The maximum absolute atomic E-state index is 12.3. The van der Waals surface area contributed by atoms with Crippen molar-refractivity contribution in [2.75, 3.05) is 26.2 Å². The summed E-state index contributed by atoms with van der Waals surface area (Å²) < 4.78 is 0. The van der Waals surface area contributed by atoms with Gasteiger partial charge in [-0.3, -0.25) is 9.97 Å². The Morgan fingerprint density at radius 3 is 1.33 bits per heavy atom. The fourth-order valence-corrected chi connectivity index (χ4v) is 5.59. The molecule has 2 saturated heterocycles. The van der Waals surface area contributed by atoms with E-state index in [1.807, 2.05) is 48.5 Å². The summed E-state index contributed by atoms with van der Waals surface area (Å²) in [4.78, 5) is 11.5. The third-order valence-corrected chi connectivity index (χ3v) is 7.62. The van der Waals surface area contributed by atoms with E-state index in [0.717, 1.165) is 35.0 Å². The predicted molar refractivity (Wildman–Crippen MR) is 139 cm³/mol. The van der Waals surface area contributed by atoms with Crippen molar-refractivity contribution in [3.8, 4) is 11.5 Å². The van der Waals surface area contributed by atoms with Gasteiger partial charge in [-0.15, -0.1) is 0 Å². The molecule has 2 aliphatic rings. The van der Waals surface area contributed by atoms with Crippen molar-refractivity contribution in [3.63, 3.8) is 0 Å². The van der Waals surface area contributed by atoms with Gasteiger partial charge in [-0.2, -0.15) is 0 Å². The molecule has 0 unspecified atom stereocenters. The third-order valence-electron chi connectivity index (χ3n) is 7.62. The number of halogens is 2. The van der Waals surface area contributed by atoms with Crippen LogP contribution < -0.4 is 44.8 Å². The van der Waals surface area contributed by atoms with Crippen molar-refractivity contribution in [1.29, 1.82) is 0 Å². The van der Waals surface area contributed by atoms with Gasteiger partial charge in [0.15, 0.2) is 0 Å². The first-order chi connectivity index (χ1) is 17.7. The molecule has 2 fully saturated rings. The van der Waals surface area contributed by atoms with Crippen LogP contribution in [-0.4, -0.2) is 36.1 Å². The number of aromatic nitrogens is 2. The molecule has 2 aromatic carbocycles. The Hall–Kier alpha value is -2.12. The van der Waals surface area contributed by atoms with Gasteiger partial charge in [0.25, 0.3) is 0 Å². The number of hydrogen-bond donors (Lipinski definition) is 2. The van der Waals surface area contributed by atoms with Crippen LogP contribution in [0.1, 0.15) is 49.7 Å². The number of quaternary nitrogens is 2. The summed E-state index contributed by atoms with van der Waals surface area (Å²) in [5, 5.41) is 26.5. The molecule has 0 atom stereocenters. The number of nitrogens with zero attached hydrogens (tertiary/aromatic N) is 2. The van der Waals surface area contributed by atoms with Crippen LogP contribution in [0.15, 0.2) is 60.9 Å². The number of likely N-dealkylation sites (tertiary alicyclic amines) is 2. The molecule has 0 saturated carbocycles. The second-order valence-electron chi connectivity index (χ2n) is 10.2. The van der Waals surface area contributed by atoms with E-state index >= 15 is 0 Å². The van der Waals surface area contributed by atoms with Crippen molar-refractivity contribution >= 4 is 21.8 Å². The molecule has 9 heteroatoms. The smallest absolute Gasteiger partial charge is 1.00 e. The topological polar surface area (TPSA) is 80.8 Å². The number of pyridine rings is 2. The SMILES string of the molecule is [Cl-].[Cl-].[Cu+2].[O-]c1c(C[NH+]2CCCCC2)ccc2cccnc12.[O-]c1c(C[NH+]2CCCCC2)ccc2cccnc12. The van der Waals surface area contributed by atoms with Gasteiger partial charge >= 0.3 is 17.1 Å². The first-order valence-corrected chi connectivity index (χ1v) is 13.4. The molecule has 0 spiro atoms. The van der Waals surface area contributed by atoms with Gasteiger partial charge in [-0.05, 0) is 61.4 Å². The van der Waals surface area contributed by atoms with Crippen molar-refractivity contribution in [2.45, 2.75) is 51.6 Å². The summed E-state index contributed by atoms with van der Waals surface area (Å²) >= 11 is 0. The first kappa shape index (κ1) is 33.1. The van der Waals surface area contributed by atoms with Gasteiger partial charge in [0.05, 0.1) is 37.2 Å². The largest absolute Gasteiger partial charge is 2.00 e. The molecule has 6 rings (SSSR count). The minimum atomic E-state index is 0. The van der Waals surface area contributed by atoms with Gasteiger partial charge in [-0.25, -0.2) is 0 Å². The minimum Gasteiger partial charge on any atom is -1.00 e. The molecule has 2 aliphatic heterocycles. The van der Waals surface area contributed by atoms with Gasteiger partial charge < -0.3 is 44.8 Å².